The van der Waals surface area contributed by atoms with Crippen molar-refractivity contribution in [2.75, 3.05) is 47.8 Å². The maximum atomic E-state index is 11.2. The van der Waals surface area contributed by atoms with Gasteiger partial charge in [-0.05, 0) is 75.6 Å². The van der Waals surface area contributed by atoms with Crippen LogP contribution in [0.1, 0.15) is 64.2 Å². The number of aryl methyl sites for hydroxylation is 2. The average molecular weight is 807 g/mol. The van der Waals surface area contributed by atoms with E-state index < -0.39 is 5.97 Å². The van der Waals surface area contributed by atoms with E-state index in [1.807, 2.05) is 66.7 Å². The van der Waals surface area contributed by atoms with Gasteiger partial charge in [-0.25, -0.2) is 9.97 Å². The number of carboxylic acid groups (broad SMARTS) is 1. The van der Waals surface area contributed by atoms with Crippen molar-refractivity contribution in [3.8, 4) is 34.3 Å². The molecule has 0 atom stereocenters. The number of carbonyl (C=O) groups excluding carboxylic acids is 1. The zero-order chi connectivity index (χ0) is 41.7. The third-order valence-electron chi connectivity index (χ3n) is 9.79. The third kappa shape index (κ3) is 13.7. The molecule has 0 saturated heterocycles. The van der Waals surface area contributed by atoms with Gasteiger partial charge in [0, 0.05) is 76.6 Å². The van der Waals surface area contributed by atoms with Crippen LogP contribution in [0.25, 0.3) is 44.8 Å². The molecule has 0 radical (unpaired) electrons. The van der Waals surface area contributed by atoms with Crippen LogP contribution in [0, 0.1) is 0 Å². The predicted octanol–water partition coefficient (Wildman–Crippen LogP) is 9.62. The Hall–Kier alpha value is -5.72. The molecule has 0 spiro atoms. The van der Waals surface area contributed by atoms with Crippen molar-refractivity contribution in [3.63, 3.8) is 0 Å². The number of aliphatic carboxylic acids is 1. The van der Waals surface area contributed by atoms with Crippen LogP contribution in [0.2, 0.25) is 0 Å². The van der Waals surface area contributed by atoms with Crippen LogP contribution in [0.5, 0.6) is 11.5 Å². The summed E-state index contributed by atoms with van der Waals surface area (Å²) in [5, 5.41) is 8.69. The normalized spacial score (nSPS) is 11.0. The molecule has 1 N–H and O–H groups in total. The summed E-state index contributed by atoms with van der Waals surface area (Å²) in [5.41, 5.74) is 6.18. The lowest BCUT2D eigenvalue weighted by Gasteiger charge is -2.10. The monoisotopic (exact) mass is 806 g/mol. The van der Waals surface area contributed by atoms with Crippen LogP contribution in [0.3, 0.4) is 0 Å². The average Bonchev–Trinajstić information content (AvgIpc) is 3.81. The zero-order valence-electron chi connectivity index (χ0n) is 34.6. The second kappa shape index (κ2) is 24.3. The van der Waals surface area contributed by atoms with Crippen LogP contribution in [0.4, 0.5) is 0 Å². The van der Waals surface area contributed by atoms with Gasteiger partial charge in [0.1, 0.15) is 23.1 Å². The largest absolute Gasteiger partial charge is 0.494 e. The molecule has 2 aromatic heterocycles. The lowest BCUT2D eigenvalue weighted by molar-refractivity contribution is -0.141. The van der Waals surface area contributed by atoms with Crippen LogP contribution in [-0.4, -0.2) is 83.9 Å². The number of benzene rings is 4. The number of fused-ring (bicyclic) bond motifs is 2. The number of methoxy groups -OCH3 is 3. The smallest absolute Gasteiger partial charge is 0.305 e. The Balaban J connectivity index is 0.000000224. The molecule has 0 saturated carbocycles. The topological polar surface area (TPSA) is 136 Å². The standard InChI is InChI=1S/C24H30N2O4.C23H28N2O4/c1-28-16-9-15-26-22-18-20(30-17-8-4-7-12-23(27)29-2)13-14-21(22)25-24(26)19-10-5-3-6-11-19;1-28-15-8-14-25-21-17-19(29-16-7-3-6-11-22(26)27)12-13-20(21)24-23(25)18-9-4-2-5-10-18/h3,5-6,10-11,13-14,18H,4,7-9,12,15-17H2,1-2H3;2,4-5,9-10,12-13,17H,3,6-8,11,14-16H2,1H3,(H,26,27). The summed E-state index contributed by atoms with van der Waals surface area (Å²) in [6.45, 7) is 4.24. The summed E-state index contributed by atoms with van der Waals surface area (Å²) in [7, 11) is 4.86. The number of hydrogen-bond donors (Lipinski definition) is 1. The van der Waals surface area contributed by atoms with E-state index >= 15 is 0 Å². The Kier molecular flexibility index (Phi) is 18.2. The van der Waals surface area contributed by atoms with Crippen molar-refractivity contribution in [1.29, 1.82) is 0 Å². The van der Waals surface area contributed by atoms with Crippen molar-refractivity contribution >= 4 is 34.0 Å². The molecule has 12 nitrogen and oxygen atoms in total. The summed E-state index contributed by atoms with van der Waals surface area (Å²) < 4.78 is 31.5. The molecule has 0 aliphatic carbocycles. The van der Waals surface area contributed by atoms with Crippen LogP contribution < -0.4 is 9.47 Å². The summed E-state index contributed by atoms with van der Waals surface area (Å²) in [6.07, 6.45) is 7.52. The number of ether oxygens (including phenoxy) is 5. The highest BCUT2D eigenvalue weighted by molar-refractivity contribution is 5.83. The van der Waals surface area contributed by atoms with E-state index in [9.17, 15) is 9.59 Å². The van der Waals surface area contributed by atoms with Gasteiger partial charge in [0.05, 0.1) is 42.4 Å². The first kappa shape index (κ1) is 44.4. The maximum Gasteiger partial charge on any atom is 0.305 e. The van der Waals surface area contributed by atoms with Crippen molar-refractivity contribution in [2.24, 2.45) is 0 Å². The first-order valence-corrected chi connectivity index (χ1v) is 20.5. The predicted molar refractivity (Wildman–Crippen MR) is 231 cm³/mol. The van der Waals surface area contributed by atoms with Gasteiger partial charge in [0.25, 0.3) is 0 Å². The molecule has 59 heavy (non-hydrogen) atoms. The molecule has 0 fully saturated rings. The van der Waals surface area contributed by atoms with E-state index in [0.717, 1.165) is 114 Å². The molecular weight excluding hydrogens is 749 g/mol. The number of carboxylic acids is 1. The Morgan fingerprint density at radius 2 is 1.00 bits per heavy atom. The molecule has 0 aliphatic rings. The molecule has 314 valence electrons. The van der Waals surface area contributed by atoms with Crippen molar-refractivity contribution in [3.05, 3.63) is 97.1 Å². The van der Waals surface area contributed by atoms with E-state index in [1.165, 1.54) is 7.11 Å². The third-order valence-corrected chi connectivity index (χ3v) is 9.79. The SMILES string of the molecule is COCCCn1c(-c2ccccc2)nc2ccc(OCCCCCC(=O)O)cc21.COCCCn1c(-c2ccccc2)nc2ccc(OCCCCCC(=O)OC)cc21. The van der Waals surface area contributed by atoms with Crippen molar-refractivity contribution in [2.45, 2.75) is 77.3 Å². The molecule has 12 heteroatoms. The molecule has 0 amide bonds. The molecule has 0 bridgehead atoms. The van der Waals surface area contributed by atoms with Gasteiger partial charge in [0.15, 0.2) is 0 Å². The van der Waals surface area contributed by atoms with E-state index in [1.54, 1.807) is 14.2 Å². The van der Waals surface area contributed by atoms with Gasteiger partial charge >= 0.3 is 11.9 Å². The quantitative estimate of drug-likeness (QED) is 0.0465. The Morgan fingerprint density at radius 1 is 0.542 bits per heavy atom. The van der Waals surface area contributed by atoms with Crippen LogP contribution in [-0.2, 0) is 36.9 Å². The number of rotatable bonds is 24. The van der Waals surface area contributed by atoms with Gasteiger partial charge in [0.2, 0.25) is 0 Å². The second-order valence-corrected chi connectivity index (χ2v) is 14.2. The first-order valence-electron chi connectivity index (χ1n) is 20.5. The molecule has 4 aromatic carbocycles. The lowest BCUT2D eigenvalue weighted by atomic mass is 10.2. The zero-order valence-corrected chi connectivity index (χ0v) is 34.6. The fourth-order valence-electron chi connectivity index (χ4n) is 6.77. The fraction of sp³-hybridized carbons (Fsp3) is 0.404. The number of nitrogens with zero attached hydrogens (tertiary/aromatic N) is 4. The number of imidazole rings is 2. The van der Waals surface area contributed by atoms with Gasteiger partial charge in [-0.3, -0.25) is 9.59 Å². The molecule has 0 aliphatic heterocycles. The lowest BCUT2D eigenvalue weighted by Crippen LogP contribution is -2.04. The number of hydrogen-bond acceptors (Lipinski definition) is 9. The Bertz CT molecular complexity index is 2170. The number of esters is 1. The summed E-state index contributed by atoms with van der Waals surface area (Å²) in [4.78, 5) is 31.4. The molecule has 2 heterocycles. The number of unbranched alkanes of at least 4 members (excludes halogenated alkanes) is 4. The van der Waals surface area contributed by atoms with Crippen LogP contribution >= 0.6 is 0 Å². The molecule has 6 rings (SSSR count). The van der Waals surface area contributed by atoms with Gasteiger partial charge in [-0.1, -0.05) is 60.7 Å². The summed E-state index contributed by atoms with van der Waals surface area (Å²) in [5.74, 6) is 2.65. The molecule has 0 unspecified atom stereocenters. The van der Waals surface area contributed by atoms with E-state index in [-0.39, 0.29) is 12.4 Å². The minimum atomic E-state index is -0.743. The van der Waals surface area contributed by atoms with E-state index in [2.05, 4.69) is 44.2 Å². The van der Waals surface area contributed by atoms with E-state index in [4.69, 9.17) is 34.0 Å². The highest BCUT2D eigenvalue weighted by atomic mass is 16.5. The van der Waals surface area contributed by atoms with Gasteiger partial charge < -0.3 is 37.9 Å². The van der Waals surface area contributed by atoms with Gasteiger partial charge in [-0.2, -0.15) is 0 Å². The van der Waals surface area contributed by atoms with Crippen molar-refractivity contribution in [1.82, 2.24) is 19.1 Å². The Labute approximate surface area is 347 Å². The first-order chi connectivity index (χ1) is 28.9. The maximum absolute atomic E-state index is 11.2. The molecular formula is C47H58N4O8. The Morgan fingerprint density at radius 3 is 1.42 bits per heavy atom. The minimum Gasteiger partial charge on any atom is -0.494 e. The van der Waals surface area contributed by atoms with E-state index in [0.29, 0.717) is 39.3 Å². The number of carbonyl (C=O) groups is 2. The van der Waals surface area contributed by atoms with Crippen molar-refractivity contribution < 1.29 is 38.4 Å². The second-order valence-electron chi connectivity index (χ2n) is 14.2. The summed E-state index contributed by atoms with van der Waals surface area (Å²) >= 11 is 0. The minimum absolute atomic E-state index is 0.155. The fourth-order valence-corrected chi connectivity index (χ4v) is 6.77. The number of aromatic nitrogens is 4. The molecule has 6 aromatic rings. The van der Waals surface area contributed by atoms with Gasteiger partial charge in [-0.15, -0.1) is 0 Å². The summed E-state index contributed by atoms with van der Waals surface area (Å²) in [6, 6.07) is 32.5. The highest BCUT2D eigenvalue weighted by Crippen LogP contribution is 2.30. The van der Waals surface area contributed by atoms with Crippen LogP contribution in [0.15, 0.2) is 97.1 Å². The highest BCUT2D eigenvalue weighted by Gasteiger charge is 2.15.